The number of terminal acetylenes is 1. The van der Waals surface area contributed by atoms with E-state index in [-0.39, 0.29) is 18.8 Å². The van der Waals surface area contributed by atoms with Crippen LogP contribution in [0.4, 0.5) is 0 Å². The van der Waals surface area contributed by atoms with Gasteiger partial charge in [0.15, 0.2) is 0 Å². The highest BCUT2D eigenvalue weighted by molar-refractivity contribution is 6.44. The Labute approximate surface area is 88.6 Å². The number of nitriles is 1. The van der Waals surface area contributed by atoms with Crippen LogP contribution >= 0.6 is 0 Å². The zero-order valence-corrected chi connectivity index (χ0v) is 8.43. The molecule has 78 valence electrons. The van der Waals surface area contributed by atoms with Gasteiger partial charge in [-0.2, -0.15) is 5.26 Å². The van der Waals surface area contributed by atoms with E-state index in [1.54, 1.807) is 6.07 Å². The Kier molecular flexibility index (Phi) is 6.08. The lowest BCUT2D eigenvalue weighted by Crippen LogP contribution is -2.36. The standard InChI is InChI=1S/C10H11N3O2/c1-4-6-13(7-5-2)10(14)9(8-11)12-15-3/h1,5H,2,6-7H2,3H3. The molecule has 1 amide bonds. The van der Waals surface area contributed by atoms with Gasteiger partial charge in [-0.05, 0) is 0 Å². The maximum Gasteiger partial charge on any atom is 0.287 e. The van der Waals surface area contributed by atoms with Crippen molar-refractivity contribution in [3.05, 3.63) is 12.7 Å². The summed E-state index contributed by atoms with van der Waals surface area (Å²) >= 11 is 0. The molecule has 0 spiro atoms. The molecule has 0 unspecified atom stereocenters. The average molecular weight is 205 g/mol. The van der Waals surface area contributed by atoms with Crippen LogP contribution in [-0.2, 0) is 9.63 Å². The van der Waals surface area contributed by atoms with Gasteiger partial charge in [0.2, 0.25) is 5.71 Å². The van der Waals surface area contributed by atoms with Gasteiger partial charge in [0.1, 0.15) is 13.2 Å². The number of carbonyl (C=O) groups excluding carboxylic acids is 1. The van der Waals surface area contributed by atoms with Crippen molar-refractivity contribution in [3.8, 4) is 18.4 Å². The number of amides is 1. The molecular weight excluding hydrogens is 194 g/mol. The number of oxime groups is 1. The van der Waals surface area contributed by atoms with E-state index in [4.69, 9.17) is 11.7 Å². The average Bonchev–Trinajstić information content (AvgIpc) is 2.24. The summed E-state index contributed by atoms with van der Waals surface area (Å²) in [6.45, 7) is 3.83. The third-order valence-electron chi connectivity index (χ3n) is 1.41. The van der Waals surface area contributed by atoms with Crippen molar-refractivity contribution in [3.63, 3.8) is 0 Å². The smallest absolute Gasteiger partial charge is 0.287 e. The van der Waals surface area contributed by atoms with Gasteiger partial charge in [-0.3, -0.25) is 4.79 Å². The molecule has 0 heterocycles. The molecule has 0 atom stereocenters. The molecule has 5 nitrogen and oxygen atoms in total. The SMILES string of the molecule is C#CCN(CC=C)C(=O)C(C#N)=NOC. The first-order valence-electron chi connectivity index (χ1n) is 4.06. The molecule has 0 fully saturated rings. The minimum atomic E-state index is -0.572. The Hall–Kier alpha value is -2.27. The van der Waals surface area contributed by atoms with Crippen LogP contribution in [0, 0.1) is 23.7 Å². The molecule has 0 rings (SSSR count). The minimum absolute atomic E-state index is 0.0925. The Morgan fingerprint density at radius 3 is 2.87 bits per heavy atom. The van der Waals surface area contributed by atoms with Crippen molar-refractivity contribution in [2.45, 2.75) is 0 Å². The van der Waals surface area contributed by atoms with Crippen LogP contribution in [0.25, 0.3) is 0 Å². The molecule has 0 aliphatic heterocycles. The molecule has 15 heavy (non-hydrogen) atoms. The second kappa shape index (κ2) is 7.16. The predicted molar refractivity (Wildman–Crippen MR) is 55.7 cm³/mol. The zero-order chi connectivity index (χ0) is 11.7. The van der Waals surface area contributed by atoms with Gasteiger partial charge in [0.05, 0.1) is 6.54 Å². The van der Waals surface area contributed by atoms with Crippen molar-refractivity contribution in [2.75, 3.05) is 20.2 Å². The van der Waals surface area contributed by atoms with Gasteiger partial charge in [-0.15, -0.1) is 13.0 Å². The van der Waals surface area contributed by atoms with E-state index in [1.165, 1.54) is 18.1 Å². The van der Waals surface area contributed by atoms with E-state index in [0.29, 0.717) is 0 Å². The third-order valence-corrected chi connectivity index (χ3v) is 1.41. The van der Waals surface area contributed by atoms with Crippen LogP contribution in [0.3, 0.4) is 0 Å². The zero-order valence-electron chi connectivity index (χ0n) is 8.43. The fraction of sp³-hybridized carbons (Fsp3) is 0.300. The molecule has 0 bridgehead atoms. The molecule has 0 aliphatic rings. The van der Waals surface area contributed by atoms with Crippen LogP contribution in [0.1, 0.15) is 0 Å². The van der Waals surface area contributed by atoms with E-state index < -0.39 is 5.91 Å². The van der Waals surface area contributed by atoms with Gasteiger partial charge in [-0.1, -0.05) is 17.2 Å². The van der Waals surface area contributed by atoms with Gasteiger partial charge in [-0.25, -0.2) is 0 Å². The second-order valence-corrected chi connectivity index (χ2v) is 2.41. The largest absolute Gasteiger partial charge is 0.398 e. The number of hydrogen-bond acceptors (Lipinski definition) is 4. The molecule has 0 N–H and O–H groups in total. The molecule has 5 heteroatoms. The summed E-state index contributed by atoms with van der Waals surface area (Å²) in [6.07, 6.45) is 6.59. The van der Waals surface area contributed by atoms with Crippen molar-refractivity contribution < 1.29 is 9.63 Å². The highest BCUT2D eigenvalue weighted by atomic mass is 16.6. The molecule has 0 saturated heterocycles. The highest BCUT2D eigenvalue weighted by Gasteiger charge is 2.18. The summed E-state index contributed by atoms with van der Waals surface area (Å²) in [5.41, 5.74) is -0.338. The maximum absolute atomic E-state index is 11.6. The van der Waals surface area contributed by atoms with E-state index in [0.717, 1.165) is 0 Å². The summed E-state index contributed by atoms with van der Waals surface area (Å²) in [4.78, 5) is 17.2. The minimum Gasteiger partial charge on any atom is -0.398 e. The predicted octanol–water partition coefficient (Wildman–Crippen LogP) is 0.160. The lowest BCUT2D eigenvalue weighted by Gasteiger charge is -2.16. The monoisotopic (exact) mass is 205 g/mol. The Bertz CT molecular complexity index is 347. The third kappa shape index (κ3) is 3.97. The number of nitrogens with zero attached hydrogens (tertiary/aromatic N) is 3. The van der Waals surface area contributed by atoms with E-state index in [2.05, 4.69) is 22.5 Å². The second-order valence-electron chi connectivity index (χ2n) is 2.41. The van der Waals surface area contributed by atoms with Crippen LogP contribution in [0.5, 0.6) is 0 Å². The van der Waals surface area contributed by atoms with Gasteiger partial charge in [0.25, 0.3) is 5.91 Å². The molecule has 0 aromatic heterocycles. The van der Waals surface area contributed by atoms with E-state index in [9.17, 15) is 4.79 Å². The van der Waals surface area contributed by atoms with Gasteiger partial charge < -0.3 is 9.74 Å². The topological polar surface area (TPSA) is 65.7 Å². The fourth-order valence-corrected chi connectivity index (χ4v) is 0.834. The first-order valence-corrected chi connectivity index (χ1v) is 4.06. The summed E-state index contributed by atoms with van der Waals surface area (Å²) < 4.78 is 0. The molecular formula is C10H11N3O2. The van der Waals surface area contributed by atoms with Crippen molar-refractivity contribution in [1.29, 1.82) is 5.26 Å². The maximum atomic E-state index is 11.6. The quantitative estimate of drug-likeness (QED) is 0.278. The van der Waals surface area contributed by atoms with Crippen molar-refractivity contribution in [1.82, 2.24) is 4.90 Å². The van der Waals surface area contributed by atoms with Crippen LogP contribution < -0.4 is 0 Å². The van der Waals surface area contributed by atoms with Gasteiger partial charge in [0, 0.05) is 6.54 Å². The molecule has 0 aromatic rings. The Morgan fingerprint density at radius 2 is 2.47 bits per heavy atom. The summed E-state index contributed by atoms with van der Waals surface area (Å²) in [5, 5.41) is 11.9. The van der Waals surface area contributed by atoms with Crippen LogP contribution in [-0.4, -0.2) is 36.7 Å². The number of rotatable bonds is 5. The molecule has 0 radical (unpaired) electrons. The fourth-order valence-electron chi connectivity index (χ4n) is 0.834. The van der Waals surface area contributed by atoms with Crippen molar-refractivity contribution in [2.24, 2.45) is 5.16 Å². The lowest BCUT2D eigenvalue weighted by atomic mass is 10.3. The molecule has 0 aliphatic carbocycles. The molecule has 0 saturated carbocycles. The summed E-state index contributed by atoms with van der Waals surface area (Å²) in [7, 11) is 1.25. The van der Waals surface area contributed by atoms with Crippen LogP contribution in [0.15, 0.2) is 17.8 Å². The lowest BCUT2D eigenvalue weighted by molar-refractivity contribution is -0.123. The summed E-state index contributed by atoms with van der Waals surface area (Å²) in [6, 6.07) is 1.63. The van der Waals surface area contributed by atoms with Crippen molar-refractivity contribution >= 4 is 11.6 Å². The van der Waals surface area contributed by atoms with E-state index >= 15 is 0 Å². The molecule has 0 aromatic carbocycles. The first kappa shape index (κ1) is 12.7. The van der Waals surface area contributed by atoms with Gasteiger partial charge >= 0.3 is 0 Å². The number of carbonyl (C=O) groups is 1. The van der Waals surface area contributed by atoms with E-state index in [1.807, 2.05) is 0 Å². The van der Waals surface area contributed by atoms with Crippen LogP contribution in [0.2, 0.25) is 0 Å². The normalized spacial score (nSPS) is 9.67. The first-order chi connectivity index (χ1) is 7.21. The highest BCUT2D eigenvalue weighted by Crippen LogP contribution is 1.93. The summed E-state index contributed by atoms with van der Waals surface area (Å²) in [5.74, 6) is 1.73. The Morgan fingerprint density at radius 1 is 1.80 bits per heavy atom. The number of hydrogen-bond donors (Lipinski definition) is 0. The Balaban J connectivity index is 4.77.